The summed E-state index contributed by atoms with van der Waals surface area (Å²) < 4.78 is 0. The Kier molecular flexibility index (Phi) is 3.21. The molecular formula is C14H12ClN3S. The zero-order valence-corrected chi connectivity index (χ0v) is 12.2. The number of fused-ring (bicyclic) bond motifs is 1. The van der Waals surface area contributed by atoms with Crippen LogP contribution in [0, 0.1) is 6.92 Å². The summed E-state index contributed by atoms with van der Waals surface area (Å²) in [5, 5.41) is 4.33. The molecule has 5 heteroatoms. The van der Waals surface area contributed by atoms with Crippen molar-refractivity contribution in [1.29, 1.82) is 0 Å². The molecule has 3 nitrogen and oxygen atoms in total. The summed E-state index contributed by atoms with van der Waals surface area (Å²) in [6.07, 6.45) is 0.972. The highest BCUT2D eigenvalue weighted by Gasteiger charge is 2.10. The van der Waals surface area contributed by atoms with Crippen LogP contribution in [0.4, 0.5) is 0 Å². The molecule has 96 valence electrons. The highest BCUT2D eigenvalue weighted by Crippen LogP contribution is 2.26. The monoisotopic (exact) mass is 289 g/mol. The van der Waals surface area contributed by atoms with E-state index in [2.05, 4.69) is 27.9 Å². The Balaban J connectivity index is 2.19. The van der Waals surface area contributed by atoms with Gasteiger partial charge in [-0.05, 0) is 31.0 Å². The quantitative estimate of drug-likeness (QED) is 0.661. The predicted octanol–water partition coefficient (Wildman–Crippen LogP) is 4.28. The lowest BCUT2D eigenvalue weighted by atomic mass is 10.1. The molecule has 0 radical (unpaired) electrons. The van der Waals surface area contributed by atoms with Gasteiger partial charge in [0.1, 0.15) is 10.8 Å². The van der Waals surface area contributed by atoms with Gasteiger partial charge in [0.15, 0.2) is 5.82 Å². The summed E-state index contributed by atoms with van der Waals surface area (Å²) in [7, 11) is 0. The molecule has 0 aliphatic rings. The van der Waals surface area contributed by atoms with Crippen molar-refractivity contribution in [3.05, 3.63) is 39.3 Å². The number of benzene rings is 1. The minimum atomic E-state index is 0.487. The van der Waals surface area contributed by atoms with E-state index in [-0.39, 0.29) is 0 Å². The summed E-state index contributed by atoms with van der Waals surface area (Å²) in [6.45, 7) is 4.08. The zero-order chi connectivity index (χ0) is 13.4. The summed E-state index contributed by atoms with van der Waals surface area (Å²) in [5.41, 5.74) is 2.87. The lowest BCUT2D eigenvalue weighted by Crippen LogP contribution is -1.93. The standard InChI is InChI=1S/C14H12ClN3S/c1-3-9-4-5-11-10(6-9)13(15)18-14(17-11)12-7-19-8(2)16-12/h4-7H,3H2,1-2H3. The van der Waals surface area contributed by atoms with Gasteiger partial charge in [0, 0.05) is 10.8 Å². The smallest absolute Gasteiger partial charge is 0.181 e. The Hall–Kier alpha value is -1.52. The fourth-order valence-electron chi connectivity index (χ4n) is 1.94. The second-order valence-corrected chi connectivity index (χ2v) is 5.72. The van der Waals surface area contributed by atoms with Gasteiger partial charge in [0.25, 0.3) is 0 Å². The Labute approximate surface area is 120 Å². The summed E-state index contributed by atoms with van der Waals surface area (Å²) in [5.74, 6) is 0.589. The van der Waals surface area contributed by atoms with Crippen LogP contribution in [0.15, 0.2) is 23.6 Å². The van der Waals surface area contributed by atoms with E-state index in [0.29, 0.717) is 11.0 Å². The van der Waals surface area contributed by atoms with Gasteiger partial charge in [-0.2, -0.15) is 0 Å². The molecule has 0 atom stereocenters. The molecule has 0 fully saturated rings. The van der Waals surface area contributed by atoms with Crippen molar-refractivity contribution in [2.24, 2.45) is 0 Å². The number of hydrogen-bond donors (Lipinski definition) is 0. The van der Waals surface area contributed by atoms with Gasteiger partial charge in [-0.3, -0.25) is 0 Å². The first-order chi connectivity index (χ1) is 9.17. The molecule has 0 spiro atoms. The molecule has 0 unspecified atom stereocenters. The van der Waals surface area contributed by atoms with E-state index in [4.69, 9.17) is 11.6 Å². The van der Waals surface area contributed by atoms with Crippen molar-refractivity contribution >= 4 is 33.8 Å². The van der Waals surface area contributed by atoms with Gasteiger partial charge >= 0.3 is 0 Å². The maximum Gasteiger partial charge on any atom is 0.181 e. The van der Waals surface area contributed by atoms with E-state index >= 15 is 0 Å². The van der Waals surface area contributed by atoms with Crippen LogP contribution in [0.5, 0.6) is 0 Å². The first kappa shape index (κ1) is 12.5. The average Bonchev–Trinajstić information content (AvgIpc) is 2.85. The Morgan fingerprint density at radius 2 is 2.05 bits per heavy atom. The van der Waals surface area contributed by atoms with Gasteiger partial charge in [-0.15, -0.1) is 11.3 Å². The number of hydrogen-bond acceptors (Lipinski definition) is 4. The van der Waals surface area contributed by atoms with Crippen molar-refractivity contribution in [1.82, 2.24) is 15.0 Å². The van der Waals surface area contributed by atoms with E-state index in [1.807, 2.05) is 24.4 Å². The van der Waals surface area contributed by atoms with Gasteiger partial charge < -0.3 is 0 Å². The molecule has 2 aromatic heterocycles. The third-order valence-electron chi connectivity index (χ3n) is 2.97. The largest absolute Gasteiger partial charge is 0.238 e. The van der Waals surface area contributed by atoms with Crippen molar-refractivity contribution < 1.29 is 0 Å². The second kappa shape index (κ2) is 4.87. The first-order valence-electron chi connectivity index (χ1n) is 6.06. The molecule has 0 saturated carbocycles. The first-order valence-corrected chi connectivity index (χ1v) is 7.32. The molecule has 0 aliphatic carbocycles. The number of thiazole rings is 1. The van der Waals surface area contributed by atoms with Crippen molar-refractivity contribution in [2.75, 3.05) is 0 Å². The molecule has 0 aliphatic heterocycles. The minimum Gasteiger partial charge on any atom is -0.238 e. The normalized spacial score (nSPS) is 11.1. The van der Waals surface area contributed by atoms with Crippen LogP contribution in [0.1, 0.15) is 17.5 Å². The number of aromatic nitrogens is 3. The lowest BCUT2D eigenvalue weighted by Gasteiger charge is -2.04. The Morgan fingerprint density at radius 1 is 1.21 bits per heavy atom. The lowest BCUT2D eigenvalue weighted by molar-refractivity contribution is 1.14. The third kappa shape index (κ3) is 2.33. The molecule has 0 bridgehead atoms. The summed E-state index contributed by atoms with van der Waals surface area (Å²) in [4.78, 5) is 13.3. The predicted molar refractivity (Wildman–Crippen MR) is 79.8 cm³/mol. The van der Waals surface area contributed by atoms with Crippen LogP contribution < -0.4 is 0 Å². The highest BCUT2D eigenvalue weighted by atomic mass is 35.5. The second-order valence-electron chi connectivity index (χ2n) is 4.29. The highest BCUT2D eigenvalue weighted by molar-refractivity contribution is 7.09. The molecule has 1 aromatic carbocycles. The Bertz CT molecular complexity index is 752. The fourth-order valence-corrected chi connectivity index (χ4v) is 2.76. The van der Waals surface area contributed by atoms with E-state index < -0.39 is 0 Å². The number of halogens is 1. The average molecular weight is 290 g/mol. The van der Waals surface area contributed by atoms with Gasteiger partial charge in [0.2, 0.25) is 0 Å². The van der Waals surface area contributed by atoms with Crippen LogP contribution in [0.2, 0.25) is 5.15 Å². The Morgan fingerprint density at radius 3 is 2.74 bits per heavy atom. The molecule has 0 saturated heterocycles. The van der Waals surface area contributed by atoms with Crippen LogP contribution >= 0.6 is 22.9 Å². The molecule has 0 N–H and O–H groups in total. The summed E-state index contributed by atoms with van der Waals surface area (Å²) in [6, 6.07) is 6.11. The van der Waals surface area contributed by atoms with Gasteiger partial charge in [0.05, 0.1) is 10.5 Å². The van der Waals surface area contributed by atoms with Crippen LogP contribution in [0.25, 0.3) is 22.4 Å². The number of rotatable bonds is 2. The fraction of sp³-hybridized carbons (Fsp3) is 0.214. The minimum absolute atomic E-state index is 0.487. The van der Waals surface area contributed by atoms with E-state index in [9.17, 15) is 0 Å². The molecule has 3 rings (SSSR count). The van der Waals surface area contributed by atoms with Crippen LogP contribution in [0.3, 0.4) is 0 Å². The topological polar surface area (TPSA) is 38.7 Å². The third-order valence-corrected chi connectivity index (χ3v) is 4.03. The maximum absolute atomic E-state index is 6.27. The van der Waals surface area contributed by atoms with E-state index in [0.717, 1.165) is 28.0 Å². The number of aryl methyl sites for hydroxylation is 2. The van der Waals surface area contributed by atoms with Crippen LogP contribution in [-0.2, 0) is 6.42 Å². The van der Waals surface area contributed by atoms with Crippen molar-refractivity contribution in [3.63, 3.8) is 0 Å². The maximum atomic E-state index is 6.27. The van der Waals surface area contributed by atoms with E-state index in [1.165, 1.54) is 5.56 Å². The number of nitrogens with zero attached hydrogens (tertiary/aromatic N) is 3. The summed E-state index contributed by atoms with van der Waals surface area (Å²) >= 11 is 7.85. The molecule has 2 heterocycles. The van der Waals surface area contributed by atoms with Crippen molar-refractivity contribution in [3.8, 4) is 11.5 Å². The molecular weight excluding hydrogens is 278 g/mol. The molecule has 19 heavy (non-hydrogen) atoms. The van der Waals surface area contributed by atoms with E-state index in [1.54, 1.807) is 11.3 Å². The van der Waals surface area contributed by atoms with Gasteiger partial charge in [-0.25, -0.2) is 15.0 Å². The van der Waals surface area contributed by atoms with Crippen LogP contribution in [-0.4, -0.2) is 15.0 Å². The zero-order valence-electron chi connectivity index (χ0n) is 10.6. The van der Waals surface area contributed by atoms with Crippen molar-refractivity contribution in [2.45, 2.75) is 20.3 Å². The van der Waals surface area contributed by atoms with Gasteiger partial charge in [-0.1, -0.05) is 24.6 Å². The SMILES string of the molecule is CCc1ccc2nc(-c3csc(C)n3)nc(Cl)c2c1. The molecule has 0 amide bonds. The molecule has 3 aromatic rings.